The van der Waals surface area contributed by atoms with Gasteiger partial charge in [-0.3, -0.25) is 14.9 Å². The summed E-state index contributed by atoms with van der Waals surface area (Å²) in [5, 5.41) is 17.0. The number of rotatable bonds is 8. The number of nitro benzene ring substituents is 1. The zero-order chi connectivity index (χ0) is 21.0. The first kappa shape index (κ1) is 20.4. The number of nitrogens with zero attached hydrogens (tertiary/aromatic N) is 1. The lowest BCUT2D eigenvalue weighted by atomic mass is 10.1. The van der Waals surface area contributed by atoms with Crippen LogP contribution in [-0.4, -0.2) is 29.7 Å². The number of hydrogen-bond donors (Lipinski definition) is 2. The molecule has 154 valence electrons. The minimum Gasteiger partial charge on any atom is -0.484 e. The summed E-state index contributed by atoms with van der Waals surface area (Å²) < 4.78 is 41.0. The molecule has 0 heterocycles. The third kappa shape index (κ3) is 6.09. The van der Waals surface area contributed by atoms with Gasteiger partial charge in [-0.25, -0.2) is 0 Å². The average Bonchev–Trinajstić information content (AvgIpc) is 3.49. The van der Waals surface area contributed by atoms with Gasteiger partial charge in [-0.1, -0.05) is 12.1 Å². The Morgan fingerprint density at radius 1 is 1.17 bits per heavy atom. The van der Waals surface area contributed by atoms with Gasteiger partial charge in [-0.15, -0.1) is 0 Å². The minimum atomic E-state index is -4.42. The van der Waals surface area contributed by atoms with Crippen LogP contribution in [0.15, 0.2) is 42.5 Å². The van der Waals surface area contributed by atoms with Crippen molar-refractivity contribution in [1.29, 1.82) is 0 Å². The number of nitrogens with one attached hydrogen (secondary N) is 2. The molecule has 0 bridgehead atoms. The number of amides is 1. The maximum absolute atomic E-state index is 12.3. The van der Waals surface area contributed by atoms with E-state index in [1.807, 2.05) is 0 Å². The Morgan fingerprint density at radius 3 is 2.45 bits per heavy atom. The highest BCUT2D eigenvalue weighted by Crippen LogP contribution is 2.31. The van der Waals surface area contributed by atoms with Crippen LogP contribution in [0.5, 0.6) is 5.75 Å². The lowest BCUT2D eigenvalue weighted by Gasteiger charge is -2.10. The van der Waals surface area contributed by atoms with E-state index in [9.17, 15) is 28.1 Å². The number of hydrogen-bond acceptors (Lipinski definition) is 5. The normalized spacial score (nSPS) is 13.6. The molecular weight excluding hydrogens is 391 g/mol. The van der Waals surface area contributed by atoms with Gasteiger partial charge in [0, 0.05) is 24.2 Å². The molecule has 0 radical (unpaired) electrons. The third-order valence-electron chi connectivity index (χ3n) is 4.17. The molecule has 0 aliphatic heterocycles. The van der Waals surface area contributed by atoms with E-state index in [0.29, 0.717) is 11.3 Å². The molecule has 0 aromatic heterocycles. The molecular formula is C19H18F3N3O4. The lowest BCUT2D eigenvalue weighted by molar-refractivity contribution is -0.384. The molecule has 0 spiro atoms. The van der Waals surface area contributed by atoms with Crippen LogP contribution < -0.4 is 15.4 Å². The molecule has 29 heavy (non-hydrogen) atoms. The van der Waals surface area contributed by atoms with E-state index >= 15 is 0 Å². The molecule has 3 rings (SSSR count). The van der Waals surface area contributed by atoms with E-state index in [2.05, 4.69) is 15.4 Å². The molecule has 1 amide bonds. The first-order valence-electron chi connectivity index (χ1n) is 8.83. The SMILES string of the molecule is O=C(NCc1ccc(OCC(F)(F)F)cc1)c1ccc(NC2CC2)c([N+](=O)[O-])c1. The van der Waals surface area contributed by atoms with Crippen molar-refractivity contribution < 1.29 is 27.6 Å². The Hall–Kier alpha value is -3.30. The molecule has 1 aliphatic rings. The molecule has 2 aromatic rings. The second kappa shape index (κ2) is 8.38. The lowest BCUT2D eigenvalue weighted by Crippen LogP contribution is -2.23. The van der Waals surface area contributed by atoms with Gasteiger partial charge in [0.15, 0.2) is 6.61 Å². The fourth-order valence-electron chi connectivity index (χ4n) is 2.55. The third-order valence-corrected chi connectivity index (χ3v) is 4.17. The molecule has 0 saturated heterocycles. The molecule has 2 aromatic carbocycles. The monoisotopic (exact) mass is 409 g/mol. The highest BCUT2D eigenvalue weighted by Gasteiger charge is 2.28. The Labute approximate surface area is 164 Å². The molecule has 7 nitrogen and oxygen atoms in total. The van der Waals surface area contributed by atoms with Gasteiger partial charge in [0.2, 0.25) is 0 Å². The van der Waals surface area contributed by atoms with E-state index in [0.717, 1.165) is 12.8 Å². The van der Waals surface area contributed by atoms with Crippen LogP contribution in [0.3, 0.4) is 0 Å². The fraction of sp³-hybridized carbons (Fsp3) is 0.316. The predicted octanol–water partition coefficient (Wildman–Crippen LogP) is 4.04. The number of benzene rings is 2. The summed E-state index contributed by atoms with van der Waals surface area (Å²) in [6.07, 6.45) is -2.50. The summed E-state index contributed by atoms with van der Waals surface area (Å²) in [4.78, 5) is 23.1. The molecule has 0 atom stereocenters. The topological polar surface area (TPSA) is 93.5 Å². The van der Waals surface area contributed by atoms with Crippen molar-refractivity contribution in [3.05, 3.63) is 63.7 Å². The Kier molecular flexibility index (Phi) is 5.90. The average molecular weight is 409 g/mol. The Balaban J connectivity index is 1.58. The van der Waals surface area contributed by atoms with Crippen molar-refractivity contribution in [3.8, 4) is 5.75 Å². The summed E-state index contributed by atoms with van der Waals surface area (Å²) >= 11 is 0. The van der Waals surface area contributed by atoms with Crippen LogP contribution in [0.1, 0.15) is 28.8 Å². The second-order valence-electron chi connectivity index (χ2n) is 6.64. The number of carbonyl (C=O) groups is 1. The number of halogens is 3. The quantitative estimate of drug-likeness (QED) is 0.507. The van der Waals surface area contributed by atoms with Crippen LogP contribution in [0.2, 0.25) is 0 Å². The van der Waals surface area contributed by atoms with E-state index in [4.69, 9.17) is 0 Å². The number of alkyl halides is 3. The highest BCUT2D eigenvalue weighted by molar-refractivity contribution is 5.95. The van der Waals surface area contributed by atoms with Crippen LogP contribution in [0, 0.1) is 10.1 Å². The number of nitro groups is 1. The van der Waals surface area contributed by atoms with Gasteiger partial charge in [0.05, 0.1) is 4.92 Å². The standard InChI is InChI=1S/C19H18F3N3O4/c20-19(21,22)11-29-15-6-1-12(2-7-15)10-23-18(26)13-3-8-16(24-14-4-5-14)17(9-13)25(27)28/h1-3,6-9,14,24H,4-5,10-11H2,(H,23,26). The summed E-state index contributed by atoms with van der Waals surface area (Å²) in [5.41, 5.74) is 0.988. The fourth-order valence-corrected chi connectivity index (χ4v) is 2.55. The smallest absolute Gasteiger partial charge is 0.422 e. The van der Waals surface area contributed by atoms with E-state index < -0.39 is 23.6 Å². The van der Waals surface area contributed by atoms with Crippen molar-refractivity contribution in [2.45, 2.75) is 31.6 Å². The Bertz CT molecular complexity index is 897. The van der Waals surface area contributed by atoms with Crippen molar-refractivity contribution in [2.75, 3.05) is 11.9 Å². The van der Waals surface area contributed by atoms with Gasteiger partial charge < -0.3 is 15.4 Å². The summed E-state index contributed by atoms with van der Waals surface area (Å²) in [6.45, 7) is -1.28. The van der Waals surface area contributed by atoms with E-state index in [1.165, 1.54) is 42.5 Å². The van der Waals surface area contributed by atoms with Gasteiger partial charge in [0.25, 0.3) is 11.6 Å². The summed E-state index contributed by atoms with van der Waals surface area (Å²) in [6, 6.07) is 10.3. The zero-order valence-corrected chi connectivity index (χ0v) is 15.2. The number of anilines is 1. The zero-order valence-electron chi connectivity index (χ0n) is 15.2. The van der Waals surface area contributed by atoms with Crippen LogP contribution in [0.25, 0.3) is 0 Å². The van der Waals surface area contributed by atoms with Gasteiger partial charge in [-0.05, 0) is 42.7 Å². The first-order valence-corrected chi connectivity index (χ1v) is 8.83. The minimum absolute atomic E-state index is 0.0618. The maximum atomic E-state index is 12.3. The molecule has 1 aliphatic carbocycles. The summed E-state index contributed by atoms with van der Waals surface area (Å²) in [5.74, 6) is -0.435. The van der Waals surface area contributed by atoms with Crippen LogP contribution in [0.4, 0.5) is 24.5 Å². The Morgan fingerprint density at radius 2 is 1.86 bits per heavy atom. The molecule has 2 N–H and O–H groups in total. The van der Waals surface area contributed by atoms with Crippen LogP contribution >= 0.6 is 0 Å². The van der Waals surface area contributed by atoms with Crippen molar-refractivity contribution in [1.82, 2.24) is 5.32 Å². The molecule has 0 unspecified atom stereocenters. The number of ether oxygens (including phenoxy) is 1. The van der Waals surface area contributed by atoms with Crippen molar-refractivity contribution in [2.24, 2.45) is 0 Å². The second-order valence-corrected chi connectivity index (χ2v) is 6.64. The molecule has 10 heteroatoms. The molecule has 1 fully saturated rings. The summed E-state index contributed by atoms with van der Waals surface area (Å²) in [7, 11) is 0. The predicted molar refractivity (Wildman–Crippen MR) is 98.9 cm³/mol. The van der Waals surface area contributed by atoms with Crippen molar-refractivity contribution in [3.63, 3.8) is 0 Å². The molecule has 1 saturated carbocycles. The number of carbonyl (C=O) groups excluding carboxylic acids is 1. The van der Waals surface area contributed by atoms with Crippen molar-refractivity contribution >= 4 is 17.3 Å². The van der Waals surface area contributed by atoms with E-state index in [1.54, 1.807) is 0 Å². The largest absolute Gasteiger partial charge is 0.484 e. The first-order chi connectivity index (χ1) is 13.7. The van der Waals surface area contributed by atoms with E-state index in [-0.39, 0.29) is 29.6 Å². The van der Waals surface area contributed by atoms with Gasteiger partial charge in [-0.2, -0.15) is 13.2 Å². The van der Waals surface area contributed by atoms with Gasteiger partial charge >= 0.3 is 6.18 Å². The van der Waals surface area contributed by atoms with Gasteiger partial charge in [0.1, 0.15) is 11.4 Å². The van der Waals surface area contributed by atoms with Crippen LogP contribution in [-0.2, 0) is 6.54 Å². The highest BCUT2D eigenvalue weighted by atomic mass is 19.4. The maximum Gasteiger partial charge on any atom is 0.422 e.